The Labute approximate surface area is 124 Å². The summed E-state index contributed by atoms with van der Waals surface area (Å²) in [6.45, 7) is 0. The van der Waals surface area contributed by atoms with E-state index in [0.717, 1.165) is 6.33 Å². The van der Waals surface area contributed by atoms with E-state index in [1.165, 1.54) is 24.3 Å². The van der Waals surface area contributed by atoms with Crippen LogP contribution in [0.2, 0.25) is 15.2 Å². The minimum absolute atomic E-state index is 0.0303. The lowest BCUT2D eigenvalue weighted by atomic mass is 10.4. The van der Waals surface area contributed by atoms with E-state index in [9.17, 15) is 8.42 Å². The fourth-order valence-corrected chi connectivity index (χ4v) is 2.70. The van der Waals surface area contributed by atoms with Crippen molar-refractivity contribution in [2.45, 2.75) is 4.90 Å². The Morgan fingerprint density at radius 1 is 1.00 bits per heavy atom. The normalized spacial score (nSPS) is 11.3. The van der Waals surface area contributed by atoms with Crippen molar-refractivity contribution in [1.82, 2.24) is 9.97 Å². The van der Waals surface area contributed by atoms with Crippen molar-refractivity contribution in [2.75, 3.05) is 4.72 Å². The van der Waals surface area contributed by atoms with Crippen molar-refractivity contribution in [1.29, 1.82) is 0 Å². The van der Waals surface area contributed by atoms with Gasteiger partial charge in [-0.2, -0.15) is 0 Å². The molecule has 1 heterocycles. The smallest absolute Gasteiger partial charge is 0.262 e. The third-order valence-electron chi connectivity index (χ3n) is 2.10. The molecule has 1 aromatic carbocycles. The van der Waals surface area contributed by atoms with Crippen molar-refractivity contribution in [2.24, 2.45) is 0 Å². The second-order valence-corrected chi connectivity index (χ2v) is 6.24. The molecule has 0 spiro atoms. The quantitative estimate of drug-likeness (QED) is 0.872. The van der Waals surface area contributed by atoms with Crippen molar-refractivity contribution < 1.29 is 8.42 Å². The zero-order valence-electron chi connectivity index (χ0n) is 9.14. The minimum atomic E-state index is -3.81. The van der Waals surface area contributed by atoms with Gasteiger partial charge in [0.25, 0.3) is 10.0 Å². The minimum Gasteiger partial charge on any atom is -0.262 e. The van der Waals surface area contributed by atoms with Crippen molar-refractivity contribution in [3.63, 3.8) is 0 Å². The van der Waals surface area contributed by atoms with E-state index in [2.05, 4.69) is 14.7 Å². The predicted octanol–water partition coefficient (Wildman–Crippen LogP) is 3.24. The fraction of sp³-hybridized carbons (Fsp3) is 0. The van der Waals surface area contributed by atoms with Crippen LogP contribution in [0.3, 0.4) is 0 Å². The molecule has 0 atom stereocenters. The highest BCUT2D eigenvalue weighted by Crippen LogP contribution is 2.27. The Balaban J connectivity index is 2.36. The van der Waals surface area contributed by atoms with Crippen LogP contribution in [-0.4, -0.2) is 18.4 Å². The molecule has 5 nitrogen and oxygen atoms in total. The van der Waals surface area contributed by atoms with Gasteiger partial charge in [0.1, 0.15) is 11.3 Å². The number of sulfonamides is 1. The number of hydrogen-bond acceptors (Lipinski definition) is 4. The van der Waals surface area contributed by atoms with Crippen LogP contribution in [0.15, 0.2) is 35.5 Å². The lowest BCUT2D eigenvalue weighted by molar-refractivity contribution is 0.601. The van der Waals surface area contributed by atoms with Gasteiger partial charge in [0.2, 0.25) is 0 Å². The molecule has 0 saturated carbocycles. The van der Waals surface area contributed by atoms with E-state index in [4.69, 9.17) is 34.8 Å². The van der Waals surface area contributed by atoms with Crippen LogP contribution in [0.4, 0.5) is 5.82 Å². The highest BCUT2D eigenvalue weighted by molar-refractivity contribution is 7.92. The summed E-state index contributed by atoms with van der Waals surface area (Å²) in [5.74, 6) is -0.0865. The average molecular weight is 339 g/mol. The number of hydrogen-bond donors (Lipinski definition) is 1. The third kappa shape index (κ3) is 3.27. The summed E-state index contributed by atoms with van der Waals surface area (Å²) in [6.07, 6.45) is 1.11. The van der Waals surface area contributed by atoms with Crippen LogP contribution in [0.25, 0.3) is 0 Å². The maximum absolute atomic E-state index is 12.1. The molecule has 2 rings (SSSR count). The molecule has 2 aromatic rings. The maximum atomic E-state index is 12.1. The lowest BCUT2D eigenvalue weighted by Gasteiger charge is -2.08. The standard InChI is InChI=1S/C10H6Cl3N3O2S/c11-6-1-3-7(4-2-6)19(17,18)16-10-8(12)9(13)14-5-15-10/h1-5H,(H,14,15,16). The summed E-state index contributed by atoms with van der Waals surface area (Å²) in [5, 5.41) is 0.328. The molecule has 0 aliphatic rings. The number of aromatic nitrogens is 2. The Hall–Kier alpha value is -1.08. The average Bonchev–Trinajstić information content (AvgIpc) is 2.35. The predicted molar refractivity (Wildman–Crippen MR) is 74.3 cm³/mol. The molecule has 1 aromatic heterocycles. The molecule has 0 bridgehead atoms. The van der Waals surface area contributed by atoms with E-state index in [1.54, 1.807) is 0 Å². The molecule has 19 heavy (non-hydrogen) atoms. The Bertz CT molecular complexity index is 704. The van der Waals surface area contributed by atoms with E-state index in [-0.39, 0.29) is 20.9 Å². The molecule has 0 aliphatic heterocycles. The highest BCUT2D eigenvalue weighted by Gasteiger charge is 2.17. The van der Waals surface area contributed by atoms with Gasteiger partial charge >= 0.3 is 0 Å². The molecular weight excluding hydrogens is 333 g/mol. The summed E-state index contributed by atoms with van der Waals surface area (Å²) in [7, 11) is -3.81. The van der Waals surface area contributed by atoms with Crippen LogP contribution >= 0.6 is 34.8 Å². The number of anilines is 1. The van der Waals surface area contributed by atoms with Crippen LogP contribution in [-0.2, 0) is 10.0 Å². The number of benzene rings is 1. The van der Waals surface area contributed by atoms with Crippen molar-refractivity contribution in [3.8, 4) is 0 Å². The summed E-state index contributed by atoms with van der Waals surface area (Å²) in [6, 6.07) is 5.65. The third-order valence-corrected chi connectivity index (χ3v) is 4.45. The van der Waals surface area contributed by atoms with Gasteiger partial charge in [0.05, 0.1) is 4.90 Å². The van der Waals surface area contributed by atoms with Crippen molar-refractivity contribution in [3.05, 3.63) is 45.8 Å². The first-order valence-electron chi connectivity index (χ1n) is 4.84. The van der Waals surface area contributed by atoms with E-state index < -0.39 is 10.0 Å². The van der Waals surface area contributed by atoms with Crippen molar-refractivity contribution >= 4 is 50.6 Å². The zero-order chi connectivity index (χ0) is 14.0. The molecule has 0 saturated heterocycles. The van der Waals surface area contributed by atoms with Crippen LogP contribution in [0.1, 0.15) is 0 Å². The topological polar surface area (TPSA) is 72.0 Å². The summed E-state index contributed by atoms with van der Waals surface area (Å²) in [5.41, 5.74) is 0. The molecular formula is C10H6Cl3N3O2S. The Morgan fingerprint density at radius 3 is 2.26 bits per heavy atom. The largest absolute Gasteiger partial charge is 0.263 e. The molecule has 100 valence electrons. The van der Waals surface area contributed by atoms with Gasteiger partial charge < -0.3 is 0 Å². The second-order valence-electron chi connectivity index (χ2n) is 3.39. The summed E-state index contributed by atoms with van der Waals surface area (Å²) >= 11 is 17.2. The SMILES string of the molecule is O=S(=O)(Nc1ncnc(Cl)c1Cl)c1ccc(Cl)cc1. The van der Waals surface area contributed by atoms with Gasteiger partial charge in [-0.25, -0.2) is 18.4 Å². The van der Waals surface area contributed by atoms with E-state index in [1.807, 2.05) is 0 Å². The summed E-state index contributed by atoms with van der Waals surface area (Å²) in [4.78, 5) is 7.38. The van der Waals surface area contributed by atoms with E-state index in [0.29, 0.717) is 5.02 Å². The van der Waals surface area contributed by atoms with Gasteiger partial charge in [-0.3, -0.25) is 4.72 Å². The highest BCUT2D eigenvalue weighted by atomic mass is 35.5. The molecule has 0 unspecified atom stereocenters. The van der Waals surface area contributed by atoms with Crippen LogP contribution in [0, 0.1) is 0 Å². The van der Waals surface area contributed by atoms with Crippen LogP contribution < -0.4 is 4.72 Å². The number of nitrogens with zero attached hydrogens (tertiary/aromatic N) is 2. The fourth-order valence-electron chi connectivity index (χ4n) is 1.22. The molecule has 1 N–H and O–H groups in total. The number of rotatable bonds is 3. The van der Waals surface area contributed by atoms with Gasteiger partial charge in [-0.1, -0.05) is 34.8 Å². The summed E-state index contributed by atoms with van der Waals surface area (Å²) < 4.78 is 26.3. The first kappa shape index (κ1) is 14.3. The lowest BCUT2D eigenvalue weighted by Crippen LogP contribution is -2.14. The van der Waals surface area contributed by atoms with E-state index >= 15 is 0 Å². The second kappa shape index (κ2) is 5.50. The maximum Gasteiger partial charge on any atom is 0.263 e. The Kier molecular flexibility index (Phi) is 4.15. The molecule has 0 radical (unpaired) electrons. The van der Waals surface area contributed by atoms with Gasteiger partial charge in [0.15, 0.2) is 11.0 Å². The first-order valence-corrected chi connectivity index (χ1v) is 7.46. The monoisotopic (exact) mass is 337 g/mol. The van der Waals surface area contributed by atoms with Gasteiger partial charge in [-0.15, -0.1) is 0 Å². The molecule has 0 aliphatic carbocycles. The molecule has 9 heteroatoms. The zero-order valence-corrected chi connectivity index (χ0v) is 12.2. The number of nitrogens with one attached hydrogen (secondary N) is 1. The molecule has 0 fully saturated rings. The van der Waals surface area contributed by atoms with Crippen LogP contribution in [0.5, 0.6) is 0 Å². The molecule has 0 amide bonds. The number of halogens is 3. The first-order chi connectivity index (χ1) is 8.90. The Morgan fingerprint density at radius 2 is 1.63 bits per heavy atom. The van der Waals surface area contributed by atoms with Gasteiger partial charge in [0, 0.05) is 5.02 Å². The van der Waals surface area contributed by atoms with Gasteiger partial charge in [-0.05, 0) is 24.3 Å².